The average molecular weight is 245 g/mol. The van der Waals surface area contributed by atoms with Gasteiger partial charge in [-0.2, -0.15) is 0 Å². The van der Waals surface area contributed by atoms with E-state index in [4.69, 9.17) is 9.84 Å². The molecule has 0 aromatic heterocycles. The first kappa shape index (κ1) is 13.6. The summed E-state index contributed by atoms with van der Waals surface area (Å²) in [5.41, 5.74) is 0. The van der Waals surface area contributed by atoms with Crippen LogP contribution in [-0.4, -0.2) is 48.1 Å². The van der Waals surface area contributed by atoms with Crippen molar-refractivity contribution in [3.63, 3.8) is 0 Å². The molecule has 0 bridgehead atoms. The fraction of sp³-hybridized carbons (Fsp3) is 0.818. The molecule has 17 heavy (non-hydrogen) atoms. The molecule has 6 nitrogen and oxygen atoms in total. The van der Waals surface area contributed by atoms with Crippen LogP contribution in [0, 0.1) is 0 Å². The Hall–Kier alpha value is -1.46. The van der Waals surface area contributed by atoms with Crippen LogP contribution in [0.1, 0.15) is 32.6 Å². The normalized spacial score (nSPS) is 16.6. The average Bonchev–Trinajstić information content (AvgIpc) is 2.29. The molecule has 0 aliphatic carbocycles. The van der Waals surface area contributed by atoms with Crippen molar-refractivity contribution in [2.24, 2.45) is 0 Å². The Morgan fingerprint density at radius 3 is 2.53 bits per heavy atom. The quantitative estimate of drug-likeness (QED) is 0.606. The highest BCUT2D eigenvalue weighted by atomic mass is 16.7. The van der Waals surface area contributed by atoms with E-state index in [9.17, 15) is 9.59 Å². The maximum Gasteiger partial charge on any atom is 0.506 e. The highest BCUT2D eigenvalue weighted by Crippen LogP contribution is 2.14. The van der Waals surface area contributed by atoms with Crippen LogP contribution < -0.4 is 0 Å². The monoisotopic (exact) mass is 245 g/mol. The molecule has 1 heterocycles. The van der Waals surface area contributed by atoms with Crippen LogP contribution in [0.15, 0.2) is 0 Å². The Kier molecular flexibility index (Phi) is 5.59. The number of piperidine rings is 1. The van der Waals surface area contributed by atoms with Crippen molar-refractivity contribution in [2.75, 3.05) is 19.7 Å². The van der Waals surface area contributed by atoms with E-state index in [1.165, 1.54) is 0 Å². The molecule has 0 spiro atoms. The predicted octanol–water partition coefficient (Wildman–Crippen LogP) is 2.08. The minimum Gasteiger partial charge on any atom is -0.450 e. The molecule has 98 valence electrons. The minimum absolute atomic E-state index is 0.299. The van der Waals surface area contributed by atoms with E-state index in [1.54, 1.807) is 4.90 Å². The summed E-state index contributed by atoms with van der Waals surface area (Å²) in [6.07, 6.45) is 1.06. The molecular formula is C11H19NO5. The lowest BCUT2D eigenvalue weighted by molar-refractivity contribution is 0.0177. The van der Waals surface area contributed by atoms with Crippen LogP contribution in [0.2, 0.25) is 0 Å². The number of unbranched alkanes of at least 4 members (excludes halogenated alkanes) is 1. The van der Waals surface area contributed by atoms with Crippen molar-refractivity contribution in [1.82, 2.24) is 4.90 Å². The number of hydrogen-bond acceptors (Lipinski definition) is 4. The molecule has 6 heteroatoms. The summed E-state index contributed by atoms with van der Waals surface area (Å²) in [7, 11) is 0. The van der Waals surface area contributed by atoms with Gasteiger partial charge < -0.3 is 19.5 Å². The number of amides is 1. The van der Waals surface area contributed by atoms with E-state index in [0.29, 0.717) is 32.5 Å². The number of carbonyl (C=O) groups is 2. The van der Waals surface area contributed by atoms with E-state index in [0.717, 1.165) is 12.8 Å². The van der Waals surface area contributed by atoms with E-state index in [-0.39, 0.29) is 12.2 Å². The second-order valence-corrected chi connectivity index (χ2v) is 4.04. The highest BCUT2D eigenvalue weighted by Gasteiger charge is 2.25. The van der Waals surface area contributed by atoms with Gasteiger partial charge in [0.2, 0.25) is 0 Å². The maximum absolute atomic E-state index is 11.5. The van der Waals surface area contributed by atoms with Crippen LogP contribution in [-0.2, 0) is 9.47 Å². The molecule has 1 N–H and O–H groups in total. The van der Waals surface area contributed by atoms with E-state index in [1.807, 2.05) is 6.92 Å². The Balaban J connectivity index is 2.21. The molecule has 1 amide bonds. The molecule has 0 aromatic rings. The molecule has 0 radical (unpaired) electrons. The third-order valence-electron chi connectivity index (χ3n) is 2.69. The summed E-state index contributed by atoms with van der Waals surface area (Å²) in [4.78, 5) is 23.5. The second-order valence-electron chi connectivity index (χ2n) is 4.04. The zero-order valence-electron chi connectivity index (χ0n) is 10.1. The number of carboxylic acid groups (broad SMARTS) is 1. The first-order valence-electron chi connectivity index (χ1n) is 5.94. The van der Waals surface area contributed by atoms with Gasteiger partial charge in [-0.3, -0.25) is 0 Å². The van der Waals surface area contributed by atoms with E-state index < -0.39 is 6.16 Å². The smallest absolute Gasteiger partial charge is 0.450 e. The van der Waals surface area contributed by atoms with Crippen molar-refractivity contribution in [1.29, 1.82) is 0 Å². The third kappa shape index (κ3) is 4.93. The van der Waals surface area contributed by atoms with Crippen molar-refractivity contribution >= 4 is 12.2 Å². The summed E-state index contributed by atoms with van der Waals surface area (Å²) in [5.74, 6) is 0. The fourth-order valence-corrected chi connectivity index (χ4v) is 1.69. The zero-order valence-corrected chi connectivity index (χ0v) is 10.1. The lowest BCUT2D eigenvalue weighted by Crippen LogP contribution is -2.41. The zero-order chi connectivity index (χ0) is 12.7. The number of ether oxygens (including phenoxy) is 2. The maximum atomic E-state index is 11.5. The van der Waals surface area contributed by atoms with Gasteiger partial charge in [0, 0.05) is 25.9 Å². The Bertz CT molecular complexity index is 261. The van der Waals surface area contributed by atoms with E-state index >= 15 is 0 Å². The third-order valence-corrected chi connectivity index (χ3v) is 2.69. The van der Waals surface area contributed by atoms with Crippen LogP contribution >= 0.6 is 0 Å². The summed E-state index contributed by atoms with van der Waals surface area (Å²) in [5, 5.41) is 8.46. The predicted molar refractivity (Wildman–Crippen MR) is 60.0 cm³/mol. The summed E-state index contributed by atoms with van der Waals surface area (Å²) in [6, 6.07) is 0. The van der Waals surface area contributed by atoms with Gasteiger partial charge in [-0.15, -0.1) is 0 Å². The van der Waals surface area contributed by atoms with Gasteiger partial charge in [0.25, 0.3) is 0 Å². The molecule has 1 saturated heterocycles. The molecule has 1 aliphatic heterocycles. The van der Waals surface area contributed by atoms with Gasteiger partial charge in [0.15, 0.2) is 0 Å². The molecule has 0 unspecified atom stereocenters. The summed E-state index contributed by atoms with van der Waals surface area (Å²) in [6.45, 7) is 3.45. The van der Waals surface area contributed by atoms with Crippen LogP contribution in [0.5, 0.6) is 0 Å². The van der Waals surface area contributed by atoms with Gasteiger partial charge in [-0.25, -0.2) is 9.59 Å². The number of likely N-dealkylation sites (tertiary alicyclic amines) is 1. The SMILES string of the molecule is CCCCOC(=O)N1CCC(OC(=O)O)CC1. The van der Waals surface area contributed by atoms with Crippen LogP contribution in [0.25, 0.3) is 0 Å². The lowest BCUT2D eigenvalue weighted by atomic mass is 10.1. The van der Waals surface area contributed by atoms with Crippen molar-refractivity contribution in [3.8, 4) is 0 Å². The van der Waals surface area contributed by atoms with Crippen molar-refractivity contribution in [3.05, 3.63) is 0 Å². The van der Waals surface area contributed by atoms with Gasteiger partial charge in [-0.05, 0) is 6.42 Å². The Labute approximate surface area is 100 Å². The molecule has 1 fully saturated rings. The van der Waals surface area contributed by atoms with Crippen molar-refractivity contribution in [2.45, 2.75) is 38.7 Å². The number of rotatable bonds is 4. The standard InChI is InChI=1S/C11H19NO5/c1-2-3-8-16-10(13)12-6-4-9(5-7-12)17-11(14)15/h9H,2-8H2,1H3,(H,14,15). The van der Waals surface area contributed by atoms with Crippen LogP contribution in [0.4, 0.5) is 9.59 Å². The minimum atomic E-state index is -1.26. The van der Waals surface area contributed by atoms with Crippen molar-refractivity contribution < 1.29 is 24.2 Å². The molecule has 1 aliphatic rings. The molecule has 0 saturated carbocycles. The van der Waals surface area contributed by atoms with Gasteiger partial charge >= 0.3 is 12.2 Å². The van der Waals surface area contributed by atoms with Crippen LogP contribution in [0.3, 0.4) is 0 Å². The summed E-state index contributed by atoms with van der Waals surface area (Å²) < 4.78 is 9.72. The highest BCUT2D eigenvalue weighted by molar-refractivity contribution is 5.67. The van der Waals surface area contributed by atoms with Gasteiger partial charge in [-0.1, -0.05) is 13.3 Å². The van der Waals surface area contributed by atoms with Gasteiger partial charge in [0.05, 0.1) is 6.61 Å². The first-order valence-corrected chi connectivity index (χ1v) is 5.94. The second kappa shape index (κ2) is 6.98. The molecule has 1 rings (SSSR count). The molecule has 0 atom stereocenters. The fourth-order valence-electron chi connectivity index (χ4n) is 1.69. The molecule has 0 aromatic carbocycles. The topological polar surface area (TPSA) is 76.1 Å². The van der Waals surface area contributed by atoms with E-state index in [2.05, 4.69) is 4.74 Å². The number of hydrogen-bond donors (Lipinski definition) is 1. The van der Waals surface area contributed by atoms with Gasteiger partial charge in [0.1, 0.15) is 6.10 Å². The summed E-state index contributed by atoms with van der Waals surface area (Å²) >= 11 is 0. The Morgan fingerprint density at radius 1 is 1.35 bits per heavy atom. The largest absolute Gasteiger partial charge is 0.506 e. The first-order chi connectivity index (χ1) is 8.13. The number of carbonyl (C=O) groups excluding carboxylic acids is 1. The molecular weight excluding hydrogens is 226 g/mol. The number of nitrogens with zero attached hydrogens (tertiary/aromatic N) is 1. The Morgan fingerprint density at radius 2 is 2.00 bits per heavy atom. The lowest BCUT2D eigenvalue weighted by Gasteiger charge is -2.30.